The van der Waals surface area contributed by atoms with Crippen molar-refractivity contribution in [2.45, 2.75) is 49.1 Å². The third kappa shape index (κ3) is 5.30. The van der Waals surface area contributed by atoms with E-state index in [0.29, 0.717) is 0 Å². The van der Waals surface area contributed by atoms with Gasteiger partial charge in [0, 0.05) is 7.11 Å². The number of aromatic amines is 2. The van der Waals surface area contributed by atoms with E-state index >= 15 is 4.39 Å². The minimum Gasteiger partial charge on any atom is -0.377 e. The molecule has 4 aromatic rings. The first-order valence-corrected chi connectivity index (χ1v) is 16.2. The SMILES string of the molecule is COC1C2COP(=O)(O)OC3C(COS(=O)(=O)NC1C(n1cnc4c(=O)[nH]c(N)nc41)O2)OC(n1cnc2c(=O)[nH]cnc21)C3F. The zero-order valence-corrected chi connectivity index (χ0v) is 24.9. The van der Waals surface area contributed by atoms with Gasteiger partial charge in [-0.15, -0.1) is 0 Å². The fourth-order valence-electron chi connectivity index (χ4n) is 5.60. The molecule has 0 aromatic carbocycles. The molecule has 3 aliphatic rings. The van der Waals surface area contributed by atoms with E-state index in [1.54, 1.807) is 0 Å². The highest BCUT2D eigenvalue weighted by Gasteiger charge is 2.53. The number of nitrogens with one attached hydrogen (secondary N) is 3. The second-order valence-electron chi connectivity index (χ2n) is 10.3. The van der Waals surface area contributed by atoms with Crippen LogP contribution in [0.2, 0.25) is 0 Å². The van der Waals surface area contributed by atoms with Crippen LogP contribution < -0.4 is 21.6 Å². The second-order valence-corrected chi connectivity index (χ2v) is 13.1. The number of nitrogen functional groups attached to an aromatic ring is 1. The summed E-state index contributed by atoms with van der Waals surface area (Å²) < 4.78 is 92.8. The number of H-pyrrole nitrogens is 2. The van der Waals surface area contributed by atoms with Crippen molar-refractivity contribution in [1.82, 2.24) is 43.8 Å². The number of fused-ring (bicyclic) bond motifs is 5. The fraction of sp³-hybridized carbons (Fsp3) is 0.524. The topological polar surface area (TPSA) is 292 Å². The van der Waals surface area contributed by atoms with Gasteiger partial charge in [-0.25, -0.2) is 23.9 Å². The third-order valence-electron chi connectivity index (χ3n) is 7.57. The summed E-state index contributed by atoms with van der Waals surface area (Å²) >= 11 is 0. The van der Waals surface area contributed by atoms with Gasteiger partial charge >= 0.3 is 18.1 Å². The Morgan fingerprint density at radius 2 is 1.76 bits per heavy atom. The maximum absolute atomic E-state index is 15.9. The lowest BCUT2D eigenvalue weighted by Gasteiger charge is -2.24. The van der Waals surface area contributed by atoms with Gasteiger partial charge in [-0.2, -0.15) is 18.1 Å². The minimum absolute atomic E-state index is 0.0733. The zero-order chi connectivity index (χ0) is 32.5. The average molecular weight is 691 g/mol. The summed E-state index contributed by atoms with van der Waals surface area (Å²) in [5, 5.41) is 0. The van der Waals surface area contributed by atoms with Crippen molar-refractivity contribution in [3.63, 3.8) is 0 Å². The van der Waals surface area contributed by atoms with Crippen molar-refractivity contribution in [3.8, 4) is 0 Å². The predicted molar refractivity (Wildman–Crippen MR) is 147 cm³/mol. The Morgan fingerprint density at radius 1 is 1.07 bits per heavy atom. The summed E-state index contributed by atoms with van der Waals surface area (Å²) in [7, 11) is -8.65. The Labute approximate surface area is 254 Å². The standard InChI is InChI=1S/C21H24FN10O12PS/c1-39-14-7-2-40-45(35,36)44-13-8(42-19(9(13)22)31-5-26-11-15(31)24-4-25-17(11)33)3-41-46(37,38)30-10(14)20(43-7)32-6-27-12-16(32)28-21(23)29-18(12)34/h4-10,13-14,19-20,30H,2-3H2,1H3,(H,35,36)(H,24,25,33)(H3,23,28,29,34). The number of ether oxygens (including phenoxy) is 3. The highest BCUT2D eigenvalue weighted by atomic mass is 32.2. The molecular formula is C21H24FN10O12PS. The summed E-state index contributed by atoms with van der Waals surface area (Å²) in [6.45, 7) is -1.64. The number of alkyl halides is 1. The molecule has 2 bridgehead atoms. The lowest BCUT2D eigenvalue weighted by atomic mass is 10.1. The number of nitrogens with zero attached hydrogens (tertiary/aromatic N) is 6. The summed E-state index contributed by atoms with van der Waals surface area (Å²) in [5.41, 5.74) is 3.95. The van der Waals surface area contributed by atoms with Crippen molar-refractivity contribution < 1.29 is 49.7 Å². The molecule has 46 heavy (non-hydrogen) atoms. The number of imidazole rings is 2. The zero-order valence-electron chi connectivity index (χ0n) is 23.2. The van der Waals surface area contributed by atoms with Crippen LogP contribution in [0.4, 0.5) is 10.3 Å². The average Bonchev–Trinajstić information content (AvgIpc) is 3.75. The highest BCUT2D eigenvalue weighted by Crippen LogP contribution is 2.50. The van der Waals surface area contributed by atoms with Gasteiger partial charge in [0.1, 0.15) is 24.4 Å². The predicted octanol–water partition coefficient (Wildman–Crippen LogP) is -2.28. The maximum Gasteiger partial charge on any atom is 0.472 e. The van der Waals surface area contributed by atoms with Gasteiger partial charge in [-0.1, -0.05) is 0 Å². The van der Waals surface area contributed by atoms with Crippen LogP contribution in [-0.2, 0) is 42.3 Å². The van der Waals surface area contributed by atoms with Crippen molar-refractivity contribution in [2.24, 2.45) is 0 Å². The summed E-state index contributed by atoms with van der Waals surface area (Å²) in [4.78, 5) is 55.6. The Balaban J connectivity index is 1.23. The molecule has 0 aliphatic carbocycles. The number of phosphoric ester groups is 1. The molecule has 22 nitrogen and oxygen atoms in total. The molecule has 7 rings (SSSR count). The number of nitrogens with two attached hydrogens (primary N) is 1. The number of halogens is 1. The first-order chi connectivity index (χ1) is 21.9. The van der Waals surface area contributed by atoms with Gasteiger partial charge in [-0.05, 0) is 0 Å². The highest BCUT2D eigenvalue weighted by molar-refractivity contribution is 7.84. The Bertz CT molecular complexity index is 2090. The van der Waals surface area contributed by atoms with Crippen molar-refractivity contribution in [3.05, 3.63) is 39.7 Å². The van der Waals surface area contributed by atoms with E-state index < -0.39 is 91.5 Å². The molecule has 0 amide bonds. The smallest absolute Gasteiger partial charge is 0.377 e. The number of phosphoric acid groups is 1. The molecule has 3 aliphatic heterocycles. The molecule has 9 unspecified atom stereocenters. The van der Waals surface area contributed by atoms with E-state index in [9.17, 15) is 27.5 Å². The molecule has 6 N–H and O–H groups in total. The number of rotatable bonds is 3. The Morgan fingerprint density at radius 3 is 2.50 bits per heavy atom. The third-order valence-corrected chi connectivity index (χ3v) is 9.56. The molecule has 25 heteroatoms. The Kier molecular flexibility index (Phi) is 7.54. The minimum atomic E-state index is -5.12. The number of hydrogen-bond donors (Lipinski definition) is 5. The van der Waals surface area contributed by atoms with Gasteiger partial charge in [-0.3, -0.25) is 36.9 Å². The van der Waals surface area contributed by atoms with E-state index in [2.05, 4.69) is 34.6 Å². The first-order valence-electron chi connectivity index (χ1n) is 13.3. The quantitative estimate of drug-likeness (QED) is 0.141. The molecule has 9 atom stereocenters. The molecule has 0 spiro atoms. The van der Waals surface area contributed by atoms with Crippen LogP contribution in [0.15, 0.2) is 28.6 Å². The normalized spacial score (nSPS) is 35.0. The first kappa shape index (κ1) is 30.9. The number of aromatic nitrogens is 8. The molecule has 0 saturated carbocycles. The number of methoxy groups -OCH3 is 1. The molecule has 248 valence electrons. The van der Waals surface area contributed by atoms with E-state index in [1.165, 1.54) is 11.7 Å². The van der Waals surface area contributed by atoms with Crippen LogP contribution >= 0.6 is 7.82 Å². The van der Waals surface area contributed by atoms with E-state index in [0.717, 1.165) is 23.5 Å². The molecule has 3 fully saturated rings. The lowest BCUT2D eigenvalue weighted by molar-refractivity contribution is -0.0588. The van der Waals surface area contributed by atoms with Gasteiger partial charge < -0.3 is 29.8 Å². The van der Waals surface area contributed by atoms with Crippen LogP contribution in [0.25, 0.3) is 22.3 Å². The van der Waals surface area contributed by atoms with Crippen molar-refractivity contribution in [1.29, 1.82) is 0 Å². The van der Waals surface area contributed by atoms with E-state index in [4.69, 9.17) is 33.2 Å². The van der Waals surface area contributed by atoms with Crippen LogP contribution in [0, 0.1) is 0 Å². The van der Waals surface area contributed by atoms with E-state index in [-0.39, 0.29) is 28.3 Å². The van der Waals surface area contributed by atoms with Gasteiger partial charge in [0.05, 0.1) is 38.2 Å². The van der Waals surface area contributed by atoms with Crippen LogP contribution in [-0.4, -0.2) is 109 Å². The molecule has 0 radical (unpaired) electrons. The largest absolute Gasteiger partial charge is 0.472 e. The summed E-state index contributed by atoms with van der Waals surface area (Å²) in [6, 6.07) is -1.34. The van der Waals surface area contributed by atoms with E-state index in [1.807, 2.05) is 0 Å². The van der Waals surface area contributed by atoms with Crippen LogP contribution in [0.3, 0.4) is 0 Å². The molecule has 3 saturated heterocycles. The fourth-order valence-corrected chi connectivity index (χ4v) is 7.52. The lowest BCUT2D eigenvalue weighted by Crippen LogP contribution is -2.48. The number of anilines is 1. The maximum atomic E-state index is 15.9. The molecular weight excluding hydrogens is 666 g/mol. The van der Waals surface area contributed by atoms with Gasteiger partial charge in [0.2, 0.25) is 5.95 Å². The van der Waals surface area contributed by atoms with Crippen molar-refractivity contribution >= 4 is 46.4 Å². The summed E-state index contributed by atoms with van der Waals surface area (Å²) in [5.74, 6) is -0.261. The van der Waals surface area contributed by atoms with Crippen molar-refractivity contribution in [2.75, 3.05) is 26.1 Å². The molecule has 4 aromatic heterocycles. The summed E-state index contributed by atoms with van der Waals surface area (Å²) in [6.07, 6.45) is -7.91. The van der Waals surface area contributed by atoms with Crippen LogP contribution in [0.5, 0.6) is 0 Å². The second kappa shape index (κ2) is 11.2. The van der Waals surface area contributed by atoms with Crippen LogP contribution in [0.1, 0.15) is 12.5 Å². The number of hydrogen-bond acceptors (Lipinski definition) is 16. The monoisotopic (exact) mass is 690 g/mol. The van der Waals surface area contributed by atoms with Gasteiger partial charge in [0.15, 0.2) is 41.0 Å². The van der Waals surface area contributed by atoms with Gasteiger partial charge in [0.25, 0.3) is 11.1 Å². The Hall–Kier alpha value is -3.71. The molecule has 7 heterocycles.